The molecular weight excluding hydrogens is 356 g/mol. The van der Waals surface area contributed by atoms with Gasteiger partial charge in [0.15, 0.2) is 6.67 Å². The minimum absolute atomic E-state index is 0. The van der Waals surface area contributed by atoms with Crippen LogP contribution in [0.1, 0.15) is 16.7 Å². The summed E-state index contributed by atoms with van der Waals surface area (Å²) in [5.41, 5.74) is 5.45. The highest BCUT2D eigenvalue weighted by atomic mass is 79.9. The standard InChI is InChI=1S/C14H19BrN2.BrH/c1-11-8-12(2)14(13(3)9-11)17-7-6-16(10-17)5-4-15;/h6-9H,4-5,10H2,1-3H3;1H. The molecule has 0 aromatic heterocycles. The van der Waals surface area contributed by atoms with E-state index in [0.717, 1.165) is 18.5 Å². The average molecular weight is 376 g/mol. The van der Waals surface area contributed by atoms with Gasteiger partial charge < -0.3 is 17.0 Å². The molecule has 2 nitrogen and oxygen atoms in total. The smallest absolute Gasteiger partial charge is 0.161 e. The third-order valence-corrected chi connectivity index (χ3v) is 3.60. The van der Waals surface area contributed by atoms with Gasteiger partial charge in [-0.25, -0.2) is 0 Å². The number of hydrogen-bond donors (Lipinski definition) is 1. The summed E-state index contributed by atoms with van der Waals surface area (Å²) in [6.45, 7) is 8.73. The van der Waals surface area contributed by atoms with Crippen molar-refractivity contribution in [2.75, 3.05) is 23.4 Å². The van der Waals surface area contributed by atoms with Crippen molar-refractivity contribution in [2.45, 2.75) is 20.8 Å². The molecule has 0 radical (unpaired) electrons. The first-order chi connectivity index (χ1) is 8.11. The maximum atomic E-state index is 3.50. The molecule has 0 saturated carbocycles. The highest BCUT2D eigenvalue weighted by molar-refractivity contribution is 9.09. The minimum atomic E-state index is 0. The van der Waals surface area contributed by atoms with E-state index in [1.54, 1.807) is 0 Å². The van der Waals surface area contributed by atoms with Crippen LogP contribution >= 0.6 is 15.9 Å². The van der Waals surface area contributed by atoms with Crippen molar-refractivity contribution in [2.24, 2.45) is 0 Å². The number of rotatable bonds is 3. The Labute approximate surface area is 129 Å². The van der Waals surface area contributed by atoms with E-state index in [2.05, 4.69) is 66.1 Å². The van der Waals surface area contributed by atoms with Gasteiger partial charge >= 0.3 is 0 Å². The van der Waals surface area contributed by atoms with E-state index in [1.807, 2.05) is 0 Å². The van der Waals surface area contributed by atoms with Crippen LogP contribution in [0.2, 0.25) is 0 Å². The van der Waals surface area contributed by atoms with Crippen molar-refractivity contribution < 1.29 is 21.9 Å². The molecule has 0 fully saturated rings. The van der Waals surface area contributed by atoms with E-state index < -0.39 is 0 Å². The van der Waals surface area contributed by atoms with E-state index in [4.69, 9.17) is 0 Å². The number of alkyl halides is 1. The molecule has 1 atom stereocenters. The predicted octanol–water partition coefficient (Wildman–Crippen LogP) is -0.856. The molecule has 0 bridgehead atoms. The monoisotopic (exact) mass is 374 g/mol. The van der Waals surface area contributed by atoms with E-state index in [1.165, 1.54) is 27.3 Å². The van der Waals surface area contributed by atoms with Crippen LogP contribution in [0.3, 0.4) is 0 Å². The molecule has 0 spiro atoms. The average Bonchev–Trinajstić information content (AvgIpc) is 2.65. The van der Waals surface area contributed by atoms with E-state index >= 15 is 0 Å². The highest BCUT2D eigenvalue weighted by Crippen LogP contribution is 2.26. The Balaban J connectivity index is 0.00000162. The molecule has 1 unspecified atom stereocenters. The largest absolute Gasteiger partial charge is 1.00 e. The lowest BCUT2D eigenvalue weighted by atomic mass is 10.0. The molecule has 1 aromatic carbocycles. The normalized spacial score (nSPS) is 18.0. The van der Waals surface area contributed by atoms with Crippen molar-refractivity contribution in [3.8, 4) is 0 Å². The van der Waals surface area contributed by atoms with Crippen molar-refractivity contribution in [3.05, 3.63) is 41.2 Å². The second kappa shape index (κ2) is 6.73. The number of nitrogens with one attached hydrogen (secondary N) is 1. The number of hydrogen-bond acceptors (Lipinski definition) is 1. The molecule has 2 rings (SSSR count). The molecule has 0 aliphatic carbocycles. The molecule has 100 valence electrons. The van der Waals surface area contributed by atoms with Gasteiger partial charge in [-0.2, -0.15) is 0 Å². The van der Waals surface area contributed by atoms with Crippen molar-refractivity contribution in [1.82, 2.24) is 0 Å². The fourth-order valence-electron chi connectivity index (χ4n) is 2.58. The predicted molar refractivity (Wildman–Crippen MR) is 76.8 cm³/mol. The molecule has 0 saturated heterocycles. The Hall–Kier alpha value is -0.320. The van der Waals surface area contributed by atoms with Gasteiger partial charge in [0, 0.05) is 0 Å². The third-order valence-electron chi connectivity index (χ3n) is 3.20. The molecule has 1 heterocycles. The van der Waals surface area contributed by atoms with Crippen LogP contribution in [0.5, 0.6) is 0 Å². The Kier molecular flexibility index (Phi) is 5.89. The number of halogens is 2. The van der Waals surface area contributed by atoms with Gasteiger partial charge in [-0.3, -0.25) is 9.80 Å². The summed E-state index contributed by atoms with van der Waals surface area (Å²) in [6.07, 6.45) is 4.46. The fourth-order valence-corrected chi connectivity index (χ4v) is 3.09. The first-order valence-corrected chi connectivity index (χ1v) is 7.17. The Morgan fingerprint density at radius 1 is 1.22 bits per heavy atom. The third kappa shape index (κ3) is 3.37. The lowest BCUT2D eigenvalue weighted by Gasteiger charge is -2.21. The van der Waals surface area contributed by atoms with Crippen LogP contribution in [0.25, 0.3) is 0 Å². The summed E-state index contributed by atoms with van der Waals surface area (Å²) < 4.78 is 0. The zero-order valence-electron chi connectivity index (χ0n) is 11.1. The summed E-state index contributed by atoms with van der Waals surface area (Å²) in [5, 5.41) is 1.05. The summed E-state index contributed by atoms with van der Waals surface area (Å²) in [6, 6.07) is 4.53. The number of aryl methyl sites for hydroxylation is 3. The second-order valence-corrected chi connectivity index (χ2v) is 5.58. The van der Waals surface area contributed by atoms with Gasteiger partial charge in [-0.05, 0) is 31.9 Å². The van der Waals surface area contributed by atoms with E-state index in [0.29, 0.717) is 0 Å². The van der Waals surface area contributed by atoms with Gasteiger partial charge in [0.25, 0.3) is 0 Å². The van der Waals surface area contributed by atoms with Crippen molar-refractivity contribution in [1.29, 1.82) is 0 Å². The van der Waals surface area contributed by atoms with Gasteiger partial charge in [-0.1, -0.05) is 33.6 Å². The van der Waals surface area contributed by atoms with E-state index in [9.17, 15) is 0 Å². The maximum absolute atomic E-state index is 3.50. The van der Waals surface area contributed by atoms with Gasteiger partial charge in [0.05, 0.1) is 23.8 Å². The minimum Gasteiger partial charge on any atom is -1.00 e. The number of nitrogens with zero attached hydrogens (tertiary/aromatic N) is 1. The molecule has 1 N–H and O–H groups in total. The maximum Gasteiger partial charge on any atom is 0.161 e. The molecule has 18 heavy (non-hydrogen) atoms. The topological polar surface area (TPSA) is 7.68 Å². The van der Waals surface area contributed by atoms with Crippen LogP contribution < -0.4 is 26.8 Å². The second-order valence-electron chi connectivity index (χ2n) is 4.79. The Bertz CT molecular complexity index is 420. The molecule has 1 aliphatic heterocycles. The van der Waals surface area contributed by atoms with Gasteiger partial charge in [0.2, 0.25) is 0 Å². The highest BCUT2D eigenvalue weighted by Gasteiger charge is 2.20. The Morgan fingerprint density at radius 2 is 1.83 bits per heavy atom. The quantitative estimate of drug-likeness (QED) is 0.676. The summed E-state index contributed by atoms with van der Waals surface area (Å²) in [4.78, 5) is 3.86. The van der Waals surface area contributed by atoms with Crippen LogP contribution in [0.15, 0.2) is 24.5 Å². The van der Waals surface area contributed by atoms with Crippen LogP contribution in [0, 0.1) is 20.8 Å². The zero-order valence-corrected chi connectivity index (χ0v) is 14.3. The summed E-state index contributed by atoms with van der Waals surface area (Å²) in [7, 11) is 0. The van der Waals surface area contributed by atoms with Gasteiger partial charge in [0.1, 0.15) is 6.20 Å². The molecule has 1 aliphatic rings. The molecular formula is C14H20Br2N2. The van der Waals surface area contributed by atoms with Crippen molar-refractivity contribution >= 4 is 21.6 Å². The molecule has 4 heteroatoms. The molecule has 0 amide bonds. The van der Waals surface area contributed by atoms with Crippen LogP contribution in [0.4, 0.5) is 5.69 Å². The number of benzene rings is 1. The van der Waals surface area contributed by atoms with Crippen molar-refractivity contribution in [3.63, 3.8) is 0 Å². The SMILES string of the molecule is Cc1cc(C)c(N2C=C[NH+](CCBr)C2)c(C)c1.[Br-]. The summed E-state index contributed by atoms with van der Waals surface area (Å²) >= 11 is 3.50. The summed E-state index contributed by atoms with van der Waals surface area (Å²) in [5.74, 6) is 0. The number of anilines is 1. The van der Waals surface area contributed by atoms with Crippen LogP contribution in [-0.2, 0) is 0 Å². The molecule has 1 aromatic rings. The lowest BCUT2D eigenvalue weighted by Crippen LogP contribution is -3.07. The fraction of sp³-hybridized carbons (Fsp3) is 0.429. The first-order valence-electron chi connectivity index (χ1n) is 6.05. The van der Waals surface area contributed by atoms with Gasteiger partial charge in [-0.15, -0.1) is 0 Å². The Morgan fingerprint density at radius 3 is 2.39 bits per heavy atom. The first kappa shape index (κ1) is 15.7. The van der Waals surface area contributed by atoms with E-state index in [-0.39, 0.29) is 17.0 Å². The lowest BCUT2D eigenvalue weighted by molar-refractivity contribution is -0.837. The van der Waals surface area contributed by atoms with Crippen LogP contribution in [-0.4, -0.2) is 18.5 Å². The number of quaternary nitrogens is 1. The zero-order chi connectivity index (χ0) is 12.4.